The second-order valence-electron chi connectivity index (χ2n) is 7.04. The number of carbonyl (C=O) groups excluding carboxylic acids is 1. The van der Waals surface area contributed by atoms with Gasteiger partial charge in [-0.25, -0.2) is 14.5 Å². The van der Waals surface area contributed by atoms with Crippen molar-refractivity contribution >= 4 is 11.6 Å². The summed E-state index contributed by atoms with van der Waals surface area (Å²) in [5, 5.41) is 4.43. The zero-order chi connectivity index (χ0) is 19.0. The Morgan fingerprint density at radius 3 is 3.00 bits per heavy atom. The number of pyridine rings is 1. The molecular weight excluding hydrogens is 344 g/mol. The number of aryl methyl sites for hydroxylation is 1. The van der Waals surface area contributed by atoms with Crippen LogP contribution in [0.25, 0.3) is 5.65 Å². The lowest BCUT2D eigenvalue weighted by molar-refractivity contribution is -0.131. The lowest BCUT2D eigenvalue weighted by Gasteiger charge is -2.32. The first-order chi connectivity index (χ1) is 13.1. The fourth-order valence-electron chi connectivity index (χ4n) is 3.92. The molecule has 0 bridgehead atoms. The first-order valence-electron chi connectivity index (χ1n) is 9.41. The fourth-order valence-corrected chi connectivity index (χ4v) is 3.92. The van der Waals surface area contributed by atoms with Crippen molar-refractivity contribution in [1.82, 2.24) is 28.6 Å². The molecule has 1 aliphatic rings. The molecule has 1 aliphatic heterocycles. The summed E-state index contributed by atoms with van der Waals surface area (Å²) in [5.74, 6) is 0.975. The average Bonchev–Trinajstić information content (AvgIpc) is 3.23. The topological polar surface area (TPSA) is 77.4 Å². The highest BCUT2D eigenvalue weighted by molar-refractivity contribution is 5.78. The molecule has 3 aromatic heterocycles. The number of nitrogens with zero attached hydrogens (tertiary/aromatic N) is 6. The zero-order valence-corrected chi connectivity index (χ0v) is 15.7. The van der Waals surface area contributed by atoms with Crippen molar-refractivity contribution in [3.8, 4) is 0 Å². The predicted molar refractivity (Wildman–Crippen MR) is 101 cm³/mol. The molecule has 0 unspecified atom stereocenters. The van der Waals surface area contributed by atoms with E-state index in [-0.39, 0.29) is 17.5 Å². The minimum Gasteiger partial charge on any atom is -0.342 e. The van der Waals surface area contributed by atoms with Gasteiger partial charge >= 0.3 is 5.69 Å². The Labute approximate surface area is 157 Å². The van der Waals surface area contributed by atoms with Crippen molar-refractivity contribution in [1.29, 1.82) is 0 Å². The number of piperidine rings is 1. The van der Waals surface area contributed by atoms with Crippen LogP contribution in [0, 0.1) is 0 Å². The molecule has 1 amide bonds. The van der Waals surface area contributed by atoms with Gasteiger partial charge in [0, 0.05) is 45.0 Å². The third-order valence-corrected chi connectivity index (χ3v) is 5.32. The Balaban J connectivity index is 1.52. The number of imidazole rings is 1. The molecule has 0 saturated carbocycles. The first-order valence-corrected chi connectivity index (χ1v) is 9.41. The summed E-state index contributed by atoms with van der Waals surface area (Å²) in [6, 6.07) is 5.80. The molecule has 0 spiro atoms. The van der Waals surface area contributed by atoms with Gasteiger partial charge in [-0.3, -0.25) is 9.36 Å². The molecule has 0 aliphatic carbocycles. The maximum absolute atomic E-state index is 12.9. The summed E-state index contributed by atoms with van der Waals surface area (Å²) >= 11 is 0. The number of amides is 1. The van der Waals surface area contributed by atoms with Gasteiger partial charge < -0.3 is 9.30 Å². The number of rotatable bonds is 4. The van der Waals surface area contributed by atoms with E-state index in [4.69, 9.17) is 0 Å². The Morgan fingerprint density at radius 1 is 1.33 bits per heavy atom. The minimum atomic E-state index is -0.0957. The largest absolute Gasteiger partial charge is 0.345 e. The van der Waals surface area contributed by atoms with Crippen LogP contribution in [0.1, 0.15) is 37.2 Å². The highest BCUT2D eigenvalue weighted by Gasteiger charge is 2.29. The van der Waals surface area contributed by atoms with E-state index in [1.807, 2.05) is 40.6 Å². The Hall–Kier alpha value is -2.90. The number of hydrogen-bond acceptors (Lipinski definition) is 4. The van der Waals surface area contributed by atoms with Gasteiger partial charge in [0.15, 0.2) is 0 Å². The zero-order valence-electron chi connectivity index (χ0n) is 15.7. The monoisotopic (exact) mass is 368 g/mol. The molecule has 4 heterocycles. The average molecular weight is 368 g/mol. The summed E-state index contributed by atoms with van der Waals surface area (Å²) in [4.78, 5) is 31.3. The van der Waals surface area contributed by atoms with Crippen molar-refractivity contribution in [2.75, 3.05) is 13.1 Å². The molecule has 8 nitrogen and oxygen atoms in total. The lowest BCUT2D eigenvalue weighted by Crippen LogP contribution is -2.41. The number of hydrogen-bond donors (Lipinski definition) is 0. The highest BCUT2D eigenvalue weighted by Crippen LogP contribution is 2.25. The van der Waals surface area contributed by atoms with Gasteiger partial charge in [-0.05, 0) is 31.9 Å². The molecule has 1 fully saturated rings. The molecule has 3 aromatic rings. The summed E-state index contributed by atoms with van der Waals surface area (Å²) in [5.41, 5.74) is 1.64. The van der Waals surface area contributed by atoms with E-state index in [1.165, 1.54) is 4.68 Å². The van der Waals surface area contributed by atoms with Crippen molar-refractivity contribution in [3.05, 3.63) is 52.6 Å². The molecule has 4 rings (SSSR count). The Bertz CT molecular complexity index is 1030. The van der Waals surface area contributed by atoms with E-state index in [1.54, 1.807) is 17.8 Å². The van der Waals surface area contributed by atoms with Gasteiger partial charge in [0.25, 0.3) is 0 Å². The van der Waals surface area contributed by atoms with Crippen molar-refractivity contribution in [2.45, 2.75) is 38.6 Å². The van der Waals surface area contributed by atoms with Crippen LogP contribution in [-0.2, 0) is 24.8 Å². The number of carbonyl (C=O) groups is 1. The molecule has 142 valence electrons. The summed E-state index contributed by atoms with van der Waals surface area (Å²) in [7, 11) is 1.68. The third kappa shape index (κ3) is 3.15. The minimum absolute atomic E-state index is 0.0895. The molecule has 8 heteroatoms. The van der Waals surface area contributed by atoms with Gasteiger partial charge in [-0.1, -0.05) is 6.07 Å². The van der Waals surface area contributed by atoms with Crippen LogP contribution < -0.4 is 5.69 Å². The number of likely N-dealkylation sites (tertiary alicyclic amines) is 1. The second kappa shape index (κ2) is 7.02. The predicted octanol–water partition coefficient (Wildman–Crippen LogP) is 1.20. The van der Waals surface area contributed by atoms with E-state index in [0.717, 1.165) is 36.6 Å². The Morgan fingerprint density at radius 2 is 2.19 bits per heavy atom. The van der Waals surface area contributed by atoms with Crippen LogP contribution in [-0.4, -0.2) is 47.6 Å². The molecular formula is C19H24N6O2. The van der Waals surface area contributed by atoms with E-state index < -0.39 is 0 Å². The maximum atomic E-state index is 12.9. The molecule has 0 N–H and O–H groups in total. The van der Waals surface area contributed by atoms with Crippen LogP contribution >= 0.6 is 0 Å². The van der Waals surface area contributed by atoms with Crippen LogP contribution in [0.3, 0.4) is 0 Å². The molecule has 1 saturated heterocycles. The van der Waals surface area contributed by atoms with E-state index in [0.29, 0.717) is 19.5 Å². The van der Waals surface area contributed by atoms with E-state index in [9.17, 15) is 9.59 Å². The SMILES string of the molecule is CCn1c([C@@H]2CCCN(C(=O)Cc3cnc4ccccn34)C2)nn(C)c1=O. The van der Waals surface area contributed by atoms with Crippen LogP contribution in [0.2, 0.25) is 0 Å². The van der Waals surface area contributed by atoms with E-state index >= 15 is 0 Å². The maximum Gasteiger partial charge on any atom is 0.345 e. The van der Waals surface area contributed by atoms with Crippen molar-refractivity contribution in [3.63, 3.8) is 0 Å². The quantitative estimate of drug-likeness (QED) is 0.693. The summed E-state index contributed by atoms with van der Waals surface area (Å²) < 4.78 is 5.05. The summed E-state index contributed by atoms with van der Waals surface area (Å²) in [6.45, 7) is 3.89. The van der Waals surface area contributed by atoms with Crippen molar-refractivity contribution < 1.29 is 4.79 Å². The number of fused-ring (bicyclic) bond motifs is 1. The normalized spacial score (nSPS) is 17.6. The van der Waals surface area contributed by atoms with Gasteiger partial charge in [0.1, 0.15) is 11.5 Å². The van der Waals surface area contributed by atoms with Gasteiger partial charge in [-0.2, -0.15) is 5.10 Å². The standard InChI is InChI=1S/C19H24N6O2/c1-3-24-18(21-22(2)19(24)27)14-7-6-9-23(13-14)17(26)11-15-12-20-16-8-4-5-10-25(15)16/h4-5,8,10,12,14H,3,6-7,9,11,13H2,1-2H3/t14-/m1/s1. The number of aromatic nitrogens is 5. The van der Waals surface area contributed by atoms with Crippen molar-refractivity contribution in [2.24, 2.45) is 7.05 Å². The molecule has 0 aromatic carbocycles. The molecule has 1 atom stereocenters. The smallest absolute Gasteiger partial charge is 0.342 e. The van der Waals surface area contributed by atoms with Gasteiger partial charge in [0.05, 0.1) is 12.1 Å². The van der Waals surface area contributed by atoms with Crippen LogP contribution in [0.5, 0.6) is 0 Å². The lowest BCUT2D eigenvalue weighted by atomic mass is 9.96. The second-order valence-corrected chi connectivity index (χ2v) is 7.04. The Kier molecular flexibility index (Phi) is 4.55. The summed E-state index contributed by atoms with van der Waals surface area (Å²) in [6.07, 6.45) is 5.87. The van der Waals surface area contributed by atoms with Gasteiger partial charge in [-0.15, -0.1) is 0 Å². The third-order valence-electron chi connectivity index (χ3n) is 5.32. The van der Waals surface area contributed by atoms with Crippen LogP contribution in [0.4, 0.5) is 0 Å². The molecule has 0 radical (unpaired) electrons. The first kappa shape index (κ1) is 17.5. The molecule has 27 heavy (non-hydrogen) atoms. The fraction of sp³-hybridized carbons (Fsp3) is 0.474. The van der Waals surface area contributed by atoms with Gasteiger partial charge in [0.2, 0.25) is 5.91 Å². The van der Waals surface area contributed by atoms with E-state index in [2.05, 4.69) is 10.1 Å². The van der Waals surface area contributed by atoms with Crippen LogP contribution in [0.15, 0.2) is 35.4 Å². The highest BCUT2D eigenvalue weighted by atomic mass is 16.2.